The highest BCUT2D eigenvalue weighted by Crippen LogP contribution is 2.03. The molecule has 0 aliphatic rings. The summed E-state index contributed by atoms with van der Waals surface area (Å²) in [6, 6.07) is 9.40. The molecule has 4 nitrogen and oxygen atoms in total. The van der Waals surface area contributed by atoms with E-state index in [-0.39, 0.29) is 11.9 Å². The molecule has 0 radical (unpaired) electrons. The average Bonchev–Trinajstić information content (AvgIpc) is 2.36. The molecule has 18 heavy (non-hydrogen) atoms. The van der Waals surface area contributed by atoms with Gasteiger partial charge in [0, 0.05) is 19.0 Å². The van der Waals surface area contributed by atoms with Crippen molar-refractivity contribution in [3.63, 3.8) is 0 Å². The molecule has 3 N–H and O–H groups in total. The minimum absolute atomic E-state index is 0.0417. The predicted molar refractivity (Wildman–Crippen MR) is 70.5 cm³/mol. The molecule has 1 amide bonds. The molecule has 1 atom stereocenters. The third kappa shape index (κ3) is 5.46. The molecular weight excluding hydrogens is 226 g/mol. The maximum atomic E-state index is 11.5. The summed E-state index contributed by atoms with van der Waals surface area (Å²) in [6.07, 6.45) is 2.19. The smallest absolute Gasteiger partial charge is 0.220 e. The summed E-state index contributed by atoms with van der Waals surface area (Å²) in [4.78, 5) is 11.5. The van der Waals surface area contributed by atoms with Crippen molar-refractivity contribution in [2.45, 2.75) is 38.8 Å². The number of nitrogens with one attached hydrogen (secondary N) is 1. The Labute approximate surface area is 108 Å². The number of nitrogens with zero attached hydrogens (tertiary/aromatic N) is 1. The van der Waals surface area contributed by atoms with Crippen LogP contribution in [0.5, 0.6) is 0 Å². The van der Waals surface area contributed by atoms with Crippen LogP contribution in [0.4, 0.5) is 0 Å². The first-order valence-corrected chi connectivity index (χ1v) is 6.13. The zero-order chi connectivity index (χ0) is 13.4. The van der Waals surface area contributed by atoms with Crippen LogP contribution in [0.2, 0.25) is 0 Å². The summed E-state index contributed by atoms with van der Waals surface area (Å²) in [7, 11) is 0. The summed E-state index contributed by atoms with van der Waals surface area (Å²) in [5.74, 6) is 0.0417. The summed E-state index contributed by atoms with van der Waals surface area (Å²) >= 11 is 0. The van der Waals surface area contributed by atoms with Crippen LogP contribution in [0.25, 0.3) is 0 Å². The topological polar surface area (TPSA) is 78.9 Å². The molecule has 0 heterocycles. The van der Waals surface area contributed by atoms with Crippen molar-refractivity contribution in [1.82, 2.24) is 5.32 Å². The van der Waals surface area contributed by atoms with Crippen LogP contribution >= 0.6 is 0 Å². The van der Waals surface area contributed by atoms with E-state index in [0.29, 0.717) is 18.5 Å². The minimum atomic E-state index is 0.0417. The van der Waals surface area contributed by atoms with E-state index in [1.165, 1.54) is 0 Å². The maximum absolute atomic E-state index is 11.5. The average molecular weight is 245 g/mol. The molecule has 0 aliphatic heterocycles. The number of rotatable bonds is 6. The highest BCUT2D eigenvalue weighted by Gasteiger charge is 2.02. The fraction of sp³-hybridized carbons (Fsp3) is 0.429. The highest BCUT2D eigenvalue weighted by molar-refractivity contribution is 5.75. The largest absolute Gasteiger partial charge is 0.352 e. The summed E-state index contributed by atoms with van der Waals surface area (Å²) in [5, 5.41) is 11.5. The van der Waals surface area contributed by atoms with Gasteiger partial charge in [-0.2, -0.15) is 5.26 Å². The summed E-state index contributed by atoms with van der Waals surface area (Å²) in [5.41, 5.74) is 7.23. The lowest BCUT2D eigenvalue weighted by molar-refractivity contribution is -0.121. The molecule has 1 aromatic rings. The van der Waals surface area contributed by atoms with Gasteiger partial charge in [-0.05, 0) is 37.5 Å². The molecule has 0 aliphatic carbocycles. The predicted octanol–water partition coefficient (Wildman–Crippen LogP) is 1.69. The van der Waals surface area contributed by atoms with E-state index in [2.05, 4.69) is 11.4 Å². The van der Waals surface area contributed by atoms with Crippen molar-refractivity contribution in [3.8, 4) is 6.07 Å². The van der Waals surface area contributed by atoms with Gasteiger partial charge in [0.05, 0.1) is 11.6 Å². The Bertz CT molecular complexity index is 418. The first-order valence-electron chi connectivity index (χ1n) is 6.13. The van der Waals surface area contributed by atoms with E-state index in [1.807, 2.05) is 19.1 Å². The van der Waals surface area contributed by atoms with Crippen LogP contribution in [0, 0.1) is 11.3 Å². The Morgan fingerprint density at radius 2 is 2.11 bits per heavy atom. The van der Waals surface area contributed by atoms with Gasteiger partial charge in [-0.3, -0.25) is 4.79 Å². The fourth-order valence-corrected chi connectivity index (χ4v) is 1.57. The zero-order valence-electron chi connectivity index (χ0n) is 10.6. The van der Waals surface area contributed by atoms with Gasteiger partial charge in [0.1, 0.15) is 0 Å². The summed E-state index contributed by atoms with van der Waals surface area (Å²) in [6.45, 7) is 2.44. The lowest BCUT2D eigenvalue weighted by Crippen LogP contribution is -2.23. The van der Waals surface area contributed by atoms with E-state index in [9.17, 15) is 4.79 Å². The standard InChI is InChI=1S/C14H19N3O/c1-11(16)3-2-4-14(18)17-10-13-7-5-12(9-15)6-8-13/h5-8,11H,2-4,10,16H2,1H3,(H,17,18). The van der Waals surface area contributed by atoms with Crippen LogP contribution in [0.1, 0.15) is 37.3 Å². The molecule has 1 aromatic carbocycles. The number of hydrogen-bond donors (Lipinski definition) is 2. The van der Waals surface area contributed by atoms with Crippen LogP contribution in [-0.2, 0) is 11.3 Å². The number of hydrogen-bond acceptors (Lipinski definition) is 3. The second-order valence-electron chi connectivity index (χ2n) is 4.45. The highest BCUT2D eigenvalue weighted by atomic mass is 16.1. The molecule has 0 fully saturated rings. The lowest BCUT2D eigenvalue weighted by atomic mass is 10.1. The van der Waals surface area contributed by atoms with E-state index >= 15 is 0 Å². The van der Waals surface area contributed by atoms with Crippen LogP contribution in [-0.4, -0.2) is 11.9 Å². The number of nitriles is 1. The van der Waals surface area contributed by atoms with Gasteiger partial charge in [-0.25, -0.2) is 0 Å². The quantitative estimate of drug-likeness (QED) is 0.800. The lowest BCUT2D eigenvalue weighted by Gasteiger charge is -2.06. The van der Waals surface area contributed by atoms with Crippen molar-refractivity contribution in [2.24, 2.45) is 5.73 Å². The van der Waals surface area contributed by atoms with Gasteiger partial charge in [0.15, 0.2) is 0 Å². The Morgan fingerprint density at radius 3 is 2.67 bits per heavy atom. The SMILES string of the molecule is CC(N)CCCC(=O)NCc1ccc(C#N)cc1. The molecule has 1 rings (SSSR count). The number of benzene rings is 1. The fourth-order valence-electron chi connectivity index (χ4n) is 1.57. The molecule has 0 spiro atoms. The molecule has 0 bridgehead atoms. The first-order chi connectivity index (χ1) is 8.61. The molecule has 0 aromatic heterocycles. The third-order valence-electron chi connectivity index (χ3n) is 2.64. The van der Waals surface area contributed by atoms with Crippen LogP contribution in [0.15, 0.2) is 24.3 Å². The van der Waals surface area contributed by atoms with Gasteiger partial charge in [-0.1, -0.05) is 12.1 Å². The van der Waals surface area contributed by atoms with Crippen molar-refractivity contribution in [3.05, 3.63) is 35.4 Å². The molecule has 1 unspecified atom stereocenters. The minimum Gasteiger partial charge on any atom is -0.352 e. The normalized spacial score (nSPS) is 11.6. The van der Waals surface area contributed by atoms with Gasteiger partial charge in [0.2, 0.25) is 5.91 Å². The van der Waals surface area contributed by atoms with Gasteiger partial charge in [0.25, 0.3) is 0 Å². The summed E-state index contributed by atoms with van der Waals surface area (Å²) < 4.78 is 0. The number of amides is 1. The Hall–Kier alpha value is -1.86. The Kier molecular flexibility index (Phi) is 5.89. The Morgan fingerprint density at radius 1 is 1.44 bits per heavy atom. The van der Waals surface area contributed by atoms with Crippen molar-refractivity contribution in [1.29, 1.82) is 5.26 Å². The van der Waals surface area contributed by atoms with E-state index in [4.69, 9.17) is 11.0 Å². The molecule has 4 heteroatoms. The van der Waals surface area contributed by atoms with E-state index in [0.717, 1.165) is 18.4 Å². The second kappa shape index (κ2) is 7.46. The molecule has 96 valence electrons. The van der Waals surface area contributed by atoms with E-state index in [1.54, 1.807) is 12.1 Å². The number of nitrogens with two attached hydrogens (primary N) is 1. The maximum Gasteiger partial charge on any atom is 0.220 e. The Balaban J connectivity index is 2.27. The third-order valence-corrected chi connectivity index (χ3v) is 2.64. The van der Waals surface area contributed by atoms with Gasteiger partial charge in [-0.15, -0.1) is 0 Å². The van der Waals surface area contributed by atoms with Crippen molar-refractivity contribution in [2.75, 3.05) is 0 Å². The number of carbonyl (C=O) groups excluding carboxylic acids is 1. The van der Waals surface area contributed by atoms with Crippen LogP contribution in [0.3, 0.4) is 0 Å². The second-order valence-corrected chi connectivity index (χ2v) is 4.45. The van der Waals surface area contributed by atoms with Crippen LogP contribution < -0.4 is 11.1 Å². The van der Waals surface area contributed by atoms with E-state index < -0.39 is 0 Å². The molecular formula is C14H19N3O. The van der Waals surface area contributed by atoms with Crippen molar-refractivity contribution < 1.29 is 4.79 Å². The molecule has 0 saturated carbocycles. The zero-order valence-corrected chi connectivity index (χ0v) is 10.6. The van der Waals surface area contributed by atoms with Gasteiger partial charge < -0.3 is 11.1 Å². The first kappa shape index (κ1) is 14.2. The molecule has 0 saturated heterocycles. The number of carbonyl (C=O) groups is 1. The van der Waals surface area contributed by atoms with Gasteiger partial charge >= 0.3 is 0 Å². The van der Waals surface area contributed by atoms with Crippen molar-refractivity contribution >= 4 is 5.91 Å². The monoisotopic (exact) mass is 245 g/mol.